The second kappa shape index (κ2) is 19.3. The highest BCUT2D eigenvalue weighted by Crippen LogP contribution is 2.32. The van der Waals surface area contributed by atoms with Gasteiger partial charge in [-0.2, -0.15) is 0 Å². The van der Waals surface area contributed by atoms with Crippen LogP contribution in [-0.4, -0.2) is 24.6 Å². The highest BCUT2D eigenvalue weighted by Gasteiger charge is 2.38. The molecule has 1 fully saturated rings. The summed E-state index contributed by atoms with van der Waals surface area (Å²) in [6, 6.07) is 0. The van der Waals surface area contributed by atoms with Crippen LogP contribution in [0.1, 0.15) is 143 Å². The fourth-order valence-corrected chi connectivity index (χ4v) is 4.68. The molecule has 1 saturated carbocycles. The molecule has 0 spiro atoms. The van der Waals surface area contributed by atoms with E-state index in [-0.39, 0.29) is 35.8 Å². The average molecular weight is 467 g/mol. The molecule has 0 heterocycles. The van der Waals surface area contributed by atoms with Crippen LogP contribution in [0.2, 0.25) is 0 Å². The van der Waals surface area contributed by atoms with Gasteiger partial charge in [-0.15, -0.1) is 0 Å². The lowest BCUT2D eigenvalue weighted by atomic mass is 9.79. The minimum absolute atomic E-state index is 0.119. The van der Waals surface area contributed by atoms with Crippen LogP contribution in [0.25, 0.3) is 0 Å². The molecule has 3 unspecified atom stereocenters. The summed E-state index contributed by atoms with van der Waals surface area (Å²) < 4.78 is 11.2. The molecule has 1 rings (SSSR count). The van der Waals surface area contributed by atoms with Gasteiger partial charge in [-0.05, 0) is 32.1 Å². The zero-order valence-corrected chi connectivity index (χ0v) is 22.4. The van der Waals surface area contributed by atoms with Crippen LogP contribution in [0.3, 0.4) is 0 Å². The number of carbonyl (C=O) groups is 2. The highest BCUT2D eigenvalue weighted by atomic mass is 16.5. The molecule has 0 aromatic rings. The third-order valence-electron chi connectivity index (χ3n) is 7.35. The van der Waals surface area contributed by atoms with E-state index in [1.807, 2.05) is 20.8 Å². The molecule has 0 aromatic carbocycles. The Hall–Kier alpha value is -1.06. The lowest BCUT2D eigenvalue weighted by Crippen LogP contribution is -2.37. The minimum Gasteiger partial charge on any atom is -0.465 e. The molecule has 0 aromatic heterocycles. The van der Waals surface area contributed by atoms with Gasteiger partial charge in [0.1, 0.15) is 6.10 Å². The van der Waals surface area contributed by atoms with E-state index in [1.165, 1.54) is 77.0 Å². The fraction of sp³-hybridized carbons (Fsp3) is 0.931. The number of unbranched alkanes of at least 4 members (excludes halogenated alkanes) is 13. The topological polar surface area (TPSA) is 52.6 Å². The lowest BCUT2D eigenvalue weighted by Gasteiger charge is -2.30. The average Bonchev–Trinajstić information content (AvgIpc) is 2.81. The molecule has 0 aliphatic heterocycles. The molecular weight excluding hydrogens is 412 g/mol. The Kier molecular flexibility index (Phi) is 17.5. The maximum atomic E-state index is 12.6. The maximum absolute atomic E-state index is 12.6. The second-order valence-electron chi connectivity index (χ2n) is 10.6. The van der Waals surface area contributed by atoms with Gasteiger partial charge in [0, 0.05) is 0 Å². The van der Waals surface area contributed by atoms with Crippen molar-refractivity contribution in [2.24, 2.45) is 17.8 Å². The van der Waals surface area contributed by atoms with E-state index in [0.29, 0.717) is 6.61 Å². The van der Waals surface area contributed by atoms with Gasteiger partial charge in [0.05, 0.1) is 18.4 Å². The Morgan fingerprint density at radius 3 is 1.55 bits per heavy atom. The van der Waals surface area contributed by atoms with Gasteiger partial charge in [0.15, 0.2) is 0 Å². The summed E-state index contributed by atoms with van der Waals surface area (Å²) in [4.78, 5) is 25.2. The molecule has 0 saturated heterocycles. The van der Waals surface area contributed by atoms with E-state index < -0.39 is 0 Å². The van der Waals surface area contributed by atoms with Crippen molar-refractivity contribution in [3.05, 3.63) is 0 Å². The molecule has 1 aliphatic rings. The fourth-order valence-electron chi connectivity index (χ4n) is 4.68. The Bertz CT molecular complexity index is 502. The first-order chi connectivity index (χ1) is 16.0. The van der Waals surface area contributed by atoms with Crippen LogP contribution in [0.5, 0.6) is 0 Å². The molecule has 1 aliphatic carbocycles. The van der Waals surface area contributed by atoms with Gasteiger partial charge in [-0.3, -0.25) is 9.59 Å². The van der Waals surface area contributed by atoms with Crippen molar-refractivity contribution in [2.45, 2.75) is 149 Å². The molecule has 194 valence electrons. The largest absolute Gasteiger partial charge is 0.465 e. The summed E-state index contributed by atoms with van der Waals surface area (Å²) in [6.07, 6.45) is 21.7. The third kappa shape index (κ3) is 14.1. The molecule has 0 amide bonds. The molecular formula is C29H54O4. The second-order valence-corrected chi connectivity index (χ2v) is 10.6. The van der Waals surface area contributed by atoms with E-state index in [4.69, 9.17) is 9.47 Å². The predicted molar refractivity (Wildman–Crippen MR) is 137 cm³/mol. The van der Waals surface area contributed by atoms with Gasteiger partial charge in [0.2, 0.25) is 0 Å². The van der Waals surface area contributed by atoms with Gasteiger partial charge in [0.25, 0.3) is 0 Å². The quantitative estimate of drug-likeness (QED) is 0.142. The first kappa shape index (κ1) is 30.0. The molecule has 4 nitrogen and oxygen atoms in total. The van der Waals surface area contributed by atoms with E-state index >= 15 is 0 Å². The third-order valence-corrected chi connectivity index (χ3v) is 7.35. The van der Waals surface area contributed by atoms with E-state index in [0.717, 1.165) is 38.5 Å². The summed E-state index contributed by atoms with van der Waals surface area (Å²) in [5.74, 6) is -0.776. The number of hydrogen-bond donors (Lipinski definition) is 0. The van der Waals surface area contributed by atoms with Crippen LogP contribution in [-0.2, 0) is 19.1 Å². The maximum Gasteiger partial charge on any atom is 0.310 e. The van der Waals surface area contributed by atoms with Crippen molar-refractivity contribution in [3.8, 4) is 0 Å². The summed E-state index contributed by atoms with van der Waals surface area (Å²) >= 11 is 0. The van der Waals surface area contributed by atoms with E-state index in [1.54, 1.807) is 0 Å². The molecule has 33 heavy (non-hydrogen) atoms. The Balaban J connectivity index is 2.06. The smallest absolute Gasteiger partial charge is 0.310 e. The van der Waals surface area contributed by atoms with Crippen LogP contribution < -0.4 is 0 Å². The number of carbonyl (C=O) groups excluding carboxylic acids is 2. The first-order valence-electron chi connectivity index (χ1n) is 14.3. The summed E-state index contributed by atoms with van der Waals surface area (Å²) in [5.41, 5.74) is 0. The molecule has 0 N–H and O–H groups in total. The molecule has 0 bridgehead atoms. The van der Waals surface area contributed by atoms with Crippen molar-refractivity contribution < 1.29 is 19.1 Å². The van der Waals surface area contributed by atoms with Gasteiger partial charge in [-0.25, -0.2) is 0 Å². The van der Waals surface area contributed by atoms with Crippen LogP contribution in [0.4, 0.5) is 0 Å². The Labute approximate surface area is 205 Å². The van der Waals surface area contributed by atoms with Crippen molar-refractivity contribution >= 4 is 11.9 Å². The van der Waals surface area contributed by atoms with Crippen molar-refractivity contribution in [3.63, 3.8) is 0 Å². The monoisotopic (exact) mass is 466 g/mol. The van der Waals surface area contributed by atoms with E-state index in [9.17, 15) is 9.59 Å². The minimum atomic E-state index is -0.330. The van der Waals surface area contributed by atoms with Crippen LogP contribution >= 0.6 is 0 Å². The highest BCUT2D eigenvalue weighted by molar-refractivity contribution is 5.82. The van der Waals surface area contributed by atoms with Gasteiger partial charge < -0.3 is 9.47 Å². The zero-order valence-electron chi connectivity index (χ0n) is 22.4. The summed E-state index contributed by atoms with van der Waals surface area (Å²) in [6.45, 7) is 8.77. The van der Waals surface area contributed by atoms with E-state index in [2.05, 4.69) is 6.92 Å². The van der Waals surface area contributed by atoms with Crippen molar-refractivity contribution in [2.75, 3.05) is 6.61 Å². The SMILES string of the molecule is CCCCCCCCCCCCCCCCOC(=O)C1CCCCC1C(=O)OC(C)C(C)C. The standard InChI is InChI=1S/C29H54O4/c1-5-6-7-8-9-10-11-12-13-14-15-16-17-20-23-32-28(30)26-21-18-19-22-27(26)29(31)33-25(4)24(2)3/h24-27H,5-23H2,1-4H3. The number of rotatable bonds is 19. The molecule has 3 atom stereocenters. The van der Waals surface area contributed by atoms with Gasteiger partial charge in [-0.1, -0.05) is 117 Å². The number of ether oxygens (including phenoxy) is 2. The zero-order chi connectivity index (χ0) is 24.3. The Morgan fingerprint density at radius 1 is 0.667 bits per heavy atom. The summed E-state index contributed by atoms with van der Waals surface area (Å²) in [5, 5.41) is 0. The number of esters is 2. The molecule has 0 radical (unpaired) electrons. The van der Waals surface area contributed by atoms with Gasteiger partial charge >= 0.3 is 11.9 Å². The van der Waals surface area contributed by atoms with Crippen LogP contribution in [0, 0.1) is 17.8 Å². The summed E-state index contributed by atoms with van der Waals surface area (Å²) in [7, 11) is 0. The van der Waals surface area contributed by atoms with Crippen LogP contribution in [0.15, 0.2) is 0 Å². The predicted octanol–water partition coefficient (Wildman–Crippen LogP) is 8.41. The Morgan fingerprint density at radius 2 is 1.09 bits per heavy atom. The lowest BCUT2D eigenvalue weighted by molar-refractivity contribution is -0.167. The van der Waals surface area contributed by atoms with Crippen molar-refractivity contribution in [1.82, 2.24) is 0 Å². The number of hydrogen-bond acceptors (Lipinski definition) is 4. The first-order valence-corrected chi connectivity index (χ1v) is 14.3. The normalized spacial score (nSPS) is 19.4. The molecule has 4 heteroatoms. The van der Waals surface area contributed by atoms with Crippen molar-refractivity contribution in [1.29, 1.82) is 0 Å².